The maximum absolute atomic E-state index is 12.2. The van der Waals surface area contributed by atoms with Gasteiger partial charge in [0.2, 0.25) is 0 Å². The quantitative estimate of drug-likeness (QED) is 0.374. The van der Waals surface area contributed by atoms with Crippen molar-refractivity contribution in [2.24, 2.45) is 0 Å². The molecule has 3 rings (SSSR count). The molecule has 0 fully saturated rings. The lowest BCUT2D eigenvalue weighted by molar-refractivity contribution is 0.104. The minimum absolute atomic E-state index is 0.0388. The zero-order valence-electron chi connectivity index (χ0n) is 14.5. The minimum Gasteiger partial charge on any atom is -0.508 e. The topological polar surface area (TPSA) is 101 Å². The second kappa shape index (κ2) is 7.98. The van der Waals surface area contributed by atoms with Gasteiger partial charge >= 0.3 is 10.1 Å². The molecule has 7 heteroatoms. The van der Waals surface area contributed by atoms with Crippen LogP contribution in [0.5, 0.6) is 17.2 Å². The van der Waals surface area contributed by atoms with Crippen molar-refractivity contribution >= 4 is 22.0 Å². The molecule has 0 radical (unpaired) electrons. The van der Waals surface area contributed by atoms with E-state index in [1.165, 1.54) is 60.7 Å². The van der Waals surface area contributed by atoms with Crippen LogP contribution in [0.2, 0.25) is 0 Å². The fourth-order valence-corrected chi connectivity index (χ4v) is 3.36. The van der Waals surface area contributed by atoms with Gasteiger partial charge in [0.25, 0.3) is 0 Å². The summed E-state index contributed by atoms with van der Waals surface area (Å²) in [6.45, 7) is 0. The number of allylic oxidation sites excluding steroid dienone is 1. The maximum atomic E-state index is 12.2. The van der Waals surface area contributed by atoms with E-state index in [1.54, 1.807) is 18.2 Å². The standard InChI is InChI=1S/C21H16O6S/c22-17-4-1-3-15(13-17)7-12-21(24)16-8-10-19(11-9-16)27-28(25,26)20-6-2-5-18(23)14-20/h1-14,22-23H/b12-7+. The van der Waals surface area contributed by atoms with E-state index in [1.807, 2.05) is 0 Å². The third kappa shape index (κ3) is 4.77. The first-order valence-corrected chi connectivity index (χ1v) is 9.59. The number of hydrogen-bond acceptors (Lipinski definition) is 6. The van der Waals surface area contributed by atoms with Crippen molar-refractivity contribution in [1.29, 1.82) is 0 Å². The SMILES string of the molecule is O=C(/C=C/c1cccc(O)c1)c1ccc(OS(=O)(=O)c2cccc(O)c2)cc1. The van der Waals surface area contributed by atoms with Crippen molar-refractivity contribution in [3.63, 3.8) is 0 Å². The van der Waals surface area contributed by atoms with E-state index in [4.69, 9.17) is 4.18 Å². The normalized spacial score (nSPS) is 11.4. The summed E-state index contributed by atoms with van der Waals surface area (Å²) in [5.74, 6) is -0.337. The lowest BCUT2D eigenvalue weighted by Gasteiger charge is -2.07. The fourth-order valence-electron chi connectivity index (χ4n) is 2.39. The third-order valence-electron chi connectivity index (χ3n) is 3.75. The molecule has 0 bridgehead atoms. The Morgan fingerprint density at radius 3 is 2.14 bits per heavy atom. The van der Waals surface area contributed by atoms with Crippen LogP contribution >= 0.6 is 0 Å². The summed E-state index contributed by atoms with van der Waals surface area (Å²) in [5, 5.41) is 18.8. The first kappa shape index (κ1) is 19.2. The molecule has 0 spiro atoms. The number of ketones is 1. The van der Waals surface area contributed by atoms with E-state index in [0.29, 0.717) is 11.1 Å². The first-order chi connectivity index (χ1) is 13.3. The third-order valence-corrected chi connectivity index (χ3v) is 4.99. The highest BCUT2D eigenvalue weighted by atomic mass is 32.2. The molecule has 0 saturated heterocycles. The smallest absolute Gasteiger partial charge is 0.339 e. The zero-order chi connectivity index (χ0) is 20.1. The van der Waals surface area contributed by atoms with E-state index in [9.17, 15) is 23.4 Å². The molecular weight excluding hydrogens is 380 g/mol. The first-order valence-electron chi connectivity index (χ1n) is 8.18. The molecule has 0 unspecified atom stereocenters. The van der Waals surface area contributed by atoms with Crippen molar-refractivity contribution in [2.75, 3.05) is 0 Å². The summed E-state index contributed by atoms with van der Waals surface area (Å²) in [6.07, 6.45) is 2.92. The molecule has 0 aliphatic carbocycles. The predicted octanol–water partition coefficient (Wildman–Crippen LogP) is 3.76. The number of phenolic OH excluding ortho intramolecular Hbond substituents is 2. The van der Waals surface area contributed by atoms with Gasteiger partial charge < -0.3 is 14.4 Å². The van der Waals surface area contributed by atoms with E-state index < -0.39 is 10.1 Å². The summed E-state index contributed by atoms with van der Waals surface area (Å²) in [4.78, 5) is 12.0. The van der Waals surface area contributed by atoms with Gasteiger partial charge in [0.1, 0.15) is 22.1 Å². The monoisotopic (exact) mass is 396 g/mol. The Bertz CT molecular complexity index is 1130. The second-order valence-corrected chi connectivity index (χ2v) is 7.40. The lowest BCUT2D eigenvalue weighted by Crippen LogP contribution is -2.09. The summed E-state index contributed by atoms with van der Waals surface area (Å²) in [6, 6.07) is 17.2. The maximum Gasteiger partial charge on any atom is 0.339 e. The molecule has 142 valence electrons. The van der Waals surface area contributed by atoms with Gasteiger partial charge in [0.05, 0.1) is 0 Å². The van der Waals surface area contributed by atoms with Gasteiger partial charge in [-0.15, -0.1) is 0 Å². The van der Waals surface area contributed by atoms with Crippen LogP contribution in [0.4, 0.5) is 0 Å². The van der Waals surface area contributed by atoms with Crippen LogP contribution in [0.3, 0.4) is 0 Å². The van der Waals surface area contributed by atoms with Crippen molar-refractivity contribution in [3.05, 3.63) is 90.0 Å². The average molecular weight is 396 g/mol. The van der Waals surface area contributed by atoms with Crippen molar-refractivity contribution in [3.8, 4) is 17.2 Å². The van der Waals surface area contributed by atoms with Crippen LogP contribution < -0.4 is 4.18 Å². The van der Waals surface area contributed by atoms with Crippen molar-refractivity contribution in [1.82, 2.24) is 0 Å². The molecule has 0 aromatic heterocycles. The molecule has 0 aliphatic rings. The zero-order valence-corrected chi connectivity index (χ0v) is 15.3. The molecule has 0 saturated carbocycles. The number of hydrogen-bond donors (Lipinski definition) is 2. The van der Waals surface area contributed by atoms with Gasteiger partial charge in [-0.25, -0.2) is 0 Å². The highest BCUT2D eigenvalue weighted by Gasteiger charge is 2.17. The van der Waals surface area contributed by atoms with Gasteiger partial charge in [-0.3, -0.25) is 4.79 Å². The Hall–Kier alpha value is -3.58. The van der Waals surface area contributed by atoms with Crippen LogP contribution in [0.15, 0.2) is 83.8 Å². The molecule has 0 aliphatic heterocycles. The average Bonchev–Trinajstić information content (AvgIpc) is 2.66. The van der Waals surface area contributed by atoms with Gasteiger partial charge in [-0.1, -0.05) is 24.3 Å². The Labute approximate surface area is 162 Å². The largest absolute Gasteiger partial charge is 0.508 e. The van der Waals surface area contributed by atoms with Crippen molar-refractivity contribution < 1.29 is 27.6 Å². The number of rotatable bonds is 6. The fraction of sp³-hybridized carbons (Fsp3) is 0. The molecule has 0 atom stereocenters. The molecule has 3 aromatic rings. The minimum atomic E-state index is -4.10. The van der Waals surface area contributed by atoms with Crippen LogP contribution in [-0.2, 0) is 10.1 Å². The number of aromatic hydroxyl groups is 2. The van der Waals surface area contributed by atoms with Crippen LogP contribution in [0.25, 0.3) is 6.08 Å². The Balaban J connectivity index is 1.71. The van der Waals surface area contributed by atoms with Crippen LogP contribution in [0.1, 0.15) is 15.9 Å². The predicted molar refractivity (Wildman–Crippen MR) is 104 cm³/mol. The van der Waals surface area contributed by atoms with E-state index >= 15 is 0 Å². The Kier molecular flexibility index (Phi) is 5.47. The van der Waals surface area contributed by atoms with Gasteiger partial charge in [0, 0.05) is 11.6 Å². The number of benzene rings is 3. The Morgan fingerprint density at radius 2 is 1.50 bits per heavy atom. The van der Waals surface area contributed by atoms with Gasteiger partial charge in [0.15, 0.2) is 5.78 Å². The molecular formula is C21H16O6S. The summed E-state index contributed by atoms with van der Waals surface area (Å²) >= 11 is 0. The number of carbonyl (C=O) groups excluding carboxylic acids is 1. The summed E-state index contributed by atoms with van der Waals surface area (Å²) in [7, 11) is -4.10. The Morgan fingerprint density at radius 1 is 0.857 bits per heavy atom. The van der Waals surface area contributed by atoms with Crippen LogP contribution in [-0.4, -0.2) is 24.4 Å². The van der Waals surface area contributed by atoms with E-state index in [0.717, 1.165) is 6.07 Å². The highest BCUT2D eigenvalue weighted by molar-refractivity contribution is 7.87. The molecule has 6 nitrogen and oxygen atoms in total. The summed E-state index contributed by atoms with van der Waals surface area (Å²) < 4.78 is 29.5. The molecule has 0 heterocycles. The lowest BCUT2D eigenvalue weighted by atomic mass is 10.1. The second-order valence-electron chi connectivity index (χ2n) is 5.85. The van der Waals surface area contributed by atoms with E-state index in [-0.39, 0.29) is 27.9 Å². The number of carbonyl (C=O) groups is 1. The highest BCUT2D eigenvalue weighted by Crippen LogP contribution is 2.22. The number of phenols is 2. The van der Waals surface area contributed by atoms with Crippen molar-refractivity contribution in [2.45, 2.75) is 4.90 Å². The van der Waals surface area contributed by atoms with Gasteiger partial charge in [-0.2, -0.15) is 8.42 Å². The van der Waals surface area contributed by atoms with Crippen LogP contribution in [0, 0.1) is 0 Å². The summed E-state index contributed by atoms with van der Waals surface area (Å²) in [5.41, 5.74) is 1.02. The molecule has 0 amide bonds. The molecule has 3 aromatic carbocycles. The van der Waals surface area contributed by atoms with Gasteiger partial charge in [-0.05, 0) is 60.2 Å². The molecule has 2 N–H and O–H groups in total. The van der Waals surface area contributed by atoms with E-state index in [2.05, 4.69) is 0 Å². The molecule has 28 heavy (non-hydrogen) atoms.